The van der Waals surface area contributed by atoms with Gasteiger partial charge in [-0.25, -0.2) is 0 Å². The number of hydrogen-bond acceptors (Lipinski definition) is 1. The fraction of sp³-hybridized carbons (Fsp3) is 0.529. The molecule has 0 aliphatic carbocycles. The van der Waals surface area contributed by atoms with Crippen LogP contribution in [0, 0.1) is 5.41 Å². The normalized spacial score (nSPS) is 12.2. The number of benzene rings is 1. The van der Waals surface area contributed by atoms with Crippen molar-refractivity contribution in [1.82, 2.24) is 9.88 Å². The predicted octanol–water partition coefficient (Wildman–Crippen LogP) is 3.84. The molecule has 2 aromatic rings. The van der Waals surface area contributed by atoms with Crippen molar-refractivity contribution in [2.24, 2.45) is 5.41 Å². The van der Waals surface area contributed by atoms with E-state index in [1.807, 2.05) is 7.05 Å². The molecule has 0 saturated heterocycles. The van der Waals surface area contributed by atoms with Gasteiger partial charge < -0.3 is 9.88 Å². The van der Waals surface area contributed by atoms with Crippen molar-refractivity contribution in [1.29, 1.82) is 0 Å². The molecule has 0 aliphatic heterocycles. The number of para-hydroxylation sites is 1. The Hall–Kier alpha value is -1.28. The van der Waals surface area contributed by atoms with E-state index in [0.717, 1.165) is 19.5 Å². The van der Waals surface area contributed by atoms with Gasteiger partial charge in [0.05, 0.1) is 0 Å². The van der Waals surface area contributed by atoms with Crippen molar-refractivity contribution in [3.63, 3.8) is 0 Å². The Balaban J connectivity index is 2.28. The Kier molecular flexibility index (Phi) is 4.31. The Bertz CT molecular complexity index is 532. The molecule has 0 radical (unpaired) electrons. The summed E-state index contributed by atoms with van der Waals surface area (Å²) in [5.74, 6) is 0. The van der Waals surface area contributed by atoms with Crippen LogP contribution in [0.1, 0.15) is 32.8 Å². The molecule has 2 rings (SSSR count). The highest BCUT2D eigenvalue weighted by molar-refractivity contribution is 5.84. The lowest BCUT2D eigenvalue weighted by molar-refractivity contribution is 0.353. The third-order valence-electron chi connectivity index (χ3n) is 3.62. The average Bonchev–Trinajstić information content (AvgIpc) is 2.72. The van der Waals surface area contributed by atoms with Gasteiger partial charge in [-0.2, -0.15) is 0 Å². The quantitative estimate of drug-likeness (QED) is 0.862. The van der Waals surface area contributed by atoms with Gasteiger partial charge in [-0.1, -0.05) is 39.0 Å². The monoisotopic (exact) mass is 258 g/mol. The van der Waals surface area contributed by atoms with E-state index >= 15 is 0 Å². The molecule has 1 N–H and O–H groups in total. The number of nitrogens with one attached hydrogen (secondary N) is 1. The van der Waals surface area contributed by atoms with Gasteiger partial charge in [0.25, 0.3) is 0 Å². The maximum atomic E-state index is 3.24. The first kappa shape index (κ1) is 14.1. The molecule has 0 amide bonds. The average molecular weight is 258 g/mol. The number of rotatable bonds is 5. The Labute approximate surface area is 116 Å². The number of aryl methyl sites for hydroxylation is 1. The molecule has 0 aliphatic rings. The highest BCUT2D eigenvalue weighted by Gasteiger charge is 2.12. The molecular weight excluding hydrogens is 232 g/mol. The molecule has 0 saturated carbocycles. The fourth-order valence-corrected chi connectivity index (χ4v) is 2.42. The lowest BCUT2D eigenvalue weighted by Crippen LogP contribution is -2.10. The van der Waals surface area contributed by atoms with Gasteiger partial charge in [0.15, 0.2) is 0 Å². The van der Waals surface area contributed by atoms with Crippen LogP contribution in [0.3, 0.4) is 0 Å². The number of hydrogen-bond donors (Lipinski definition) is 1. The maximum absolute atomic E-state index is 3.24. The van der Waals surface area contributed by atoms with Gasteiger partial charge in [-0.3, -0.25) is 0 Å². The second-order valence-corrected chi connectivity index (χ2v) is 6.53. The predicted molar refractivity (Wildman–Crippen MR) is 83.6 cm³/mol. The lowest BCUT2D eigenvalue weighted by Gasteiger charge is -2.18. The lowest BCUT2D eigenvalue weighted by atomic mass is 9.92. The zero-order valence-electron chi connectivity index (χ0n) is 12.7. The SMILES string of the molecule is CNCCc1cn(CCC(C)(C)C)c2ccccc12. The summed E-state index contributed by atoms with van der Waals surface area (Å²) in [6, 6.07) is 8.76. The largest absolute Gasteiger partial charge is 0.347 e. The number of likely N-dealkylation sites (N-methyl/N-ethyl adjacent to an activating group) is 1. The van der Waals surface area contributed by atoms with Crippen molar-refractivity contribution in [3.05, 3.63) is 36.0 Å². The van der Waals surface area contributed by atoms with Crippen LogP contribution in [0.15, 0.2) is 30.5 Å². The van der Waals surface area contributed by atoms with E-state index < -0.39 is 0 Å². The molecule has 1 heterocycles. The minimum absolute atomic E-state index is 0.385. The molecule has 0 atom stereocenters. The summed E-state index contributed by atoms with van der Waals surface area (Å²) >= 11 is 0. The van der Waals surface area contributed by atoms with Crippen molar-refractivity contribution in [2.45, 2.75) is 40.2 Å². The Morgan fingerprint density at radius 2 is 1.89 bits per heavy atom. The number of aromatic nitrogens is 1. The first-order valence-corrected chi connectivity index (χ1v) is 7.22. The third-order valence-corrected chi connectivity index (χ3v) is 3.62. The third kappa shape index (κ3) is 3.60. The van der Waals surface area contributed by atoms with Crippen LogP contribution >= 0.6 is 0 Å². The van der Waals surface area contributed by atoms with Crippen molar-refractivity contribution >= 4 is 10.9 Å². The molecular formula is C17H26N2. The molecule has 2 nitrogen and oxygen atoms in total. The summed E-state index contributed by atoms with van der Waals surface area (Å²) in [7, 11) is 2.01. The first-order chi connectivity index (χ1) is 9.01. The van der Waals surface area contributed by atoms with Crippen LogP contribution in [0.25, 0.3) is 10.9 Å². The minimum atomic E-state index is 0.385. The van der Waals surface area contributed by atoms with E-state index in [-0.39, 0.29) is 0 Å². The molecule has 0 unspecified atom stereocenters. The summed E-state index contributed by atoms with van der Waals surface area (Å²) in [6.07, 6.45) is 4.64. The summed E-state index contributed by atoms with van der Waals surface area (Å²) in [5.41, 5.74) is 3.22. The molecule has 1 aromatic carbocycles. The van der Waals surface area contributed by atoms with E-state index in [1.54, 1.807) is 0 Å². The van der Waals surface area contributed by atoms with Crippen LogP contribution in [0.5, 0.6) is 0 Å². The number of nitrogens with zero attached hydrogens (tertiary/aromatic N) is 1. The number of fused-ring (bicyclic) bond motifs is 1. The van der Waals surface area contributed by atoms with Gasteiger partial charge in [-0.05, 0) is 43.5 Å². The molecule has 2 heteroatoms. The van der Waals surface area contributed by atoms with E-state index in [9.17, 15) is 0 Å². The summed E-state index contributed by atoms with van der Waals surface area (Å²) in [6.45, 7) is 9.05. The van der Waals surface area contributed by atoms with Gasteiger partial charge in [0.1, 0.15) is 0 Å². The van der Waals surface area contributed by atoms with Crippen molar-refractivity contribution in [2.75, 3.05) is 13.6 Å². The van der Waals surface area contributed by atoms with Crippen molar-refractivity contribution in [3.8, 4) is 0 Å². The molecule has 1 aromatic heterocycles. The van der Waals surface area contributed by atoms with Crippen LogP contribution in [0.2, 0.25) is 0 Å². The second-order valence-electron chi connectivity index (χ2n) is 6.53. The topological polar surface area (TPSA) is 17.0 Å². The van der Waals surface area contributed by atoms with Crippen LogP contribution in [-0.2, 0) is 13.0 Å². The second kappa shape index (κ2) is 5.79. The van der Waals surface area contributed by atoms with E-state index in [0.29, 0.717) is 5.41 Å². The van der Waals surface area contributed by atoms with Gasteiger partial charge in [0.2, 0.25) is 0 Å². The molecule has 0 fully saturated rings. The smallest absolute Gasteiger partial charge is 0.0483 e. The van der Waals surface area contributed by atoms with E-state index in [2.05, 4.69) is 61.1 Å². The zero-order valence-corrected chi connectivity index (χ0v) is 12.7. The minimum Gasteiger partial charge on any atom is -0.347 e. The molecule has 0 bridgehead atoms. The fourth-order valence-electron chi connectivity index (χ4n) is 2.42. The highest BCUT2D eigenvalue weighted by atomic mass is 15.0. The summed E-state index contributed by atoms with van der Waals surface area (Å²) < 4.78 is 2.42. The molecule has 19 heavy (non-hydrogen) atoms. The van der Waals surface area contributed by atoms with Gasteiger partial charge in [-0.15, -0.1) is 0 Å². The Morgan fingerprint density at radius 1 is 1.16 bits per heavy atom. The van der Waals surface area contributed by atoms with E-state index in [4.69, 9.17) is 0 Å². The zero-order chi connectivity index (χ0) is 13.9. The molecule has 0 spiro atoms. The summed E-state index contributed by atoms with van der Waals surface area (Å²) in [4.78, 5) is 0. The van der Waals surface area contributed by atoms with Gasteiger partial charge >= 0.3 is 0 Å². The van der Waals surface area contributed by atoms with Crippen LogP contribution in [-0.4, -0.2) is 18.2 Å². The maximum Gasteiger partial charge on any atom is 0.0483 e. The highest BCUT2D eigenvalue weighted by Crippen LogP contribution is 2.25. The van der Waals surface area contributed by atoms with Gasteiger partial charge in [0, 0.05) is 23.6 Å². The standard InChI is InChI=1S/C17H26N2/c1-17(2,3)10-12-19-13-14(9-11-18-4)15-7-5-6-8-16(15)19/h5-8,13,18H,9-12H2,1-4H3. The van der Waals surface area contributed by atoms with Crippen LogP contribution < -0.4 is 5.32 Å². The molecule has 104 valence electrons. The van der Waals surface area contributed by atoms with Crippen molar-refractivity contribution < 1.29 is 0 Å². The van der Waals surface area contributed by atoms with E-state index in [1.165, 1.54) is 22.9 Å². The van der Waals surface area contributed by atoms with Crippen LogP contribution in [0.4, 0.5) is 0 Å². The summed E-state index contributed by atoms with van der Waals surface area (Å²) in [5, 5.41) is 4.65. The first-order valence-electron chi connectivity index (χ1n) is 7.22. The Morgan fingerprint density at radius 3 is 2.58 bits per heavy atom.